The van der Waals surface area contributed by atoms with Crippen molar-refractivity contribution in [2.75, 3.05) is 12.0 Å². The van der Waals surface area contributed by atoms with E-state index < -0.39 is 0 Å². The lowest BCUT2D eigenvalue weighted by Crippen LogP contribution is -2.33. The van der Waals surface area contributed by atoms with Crippen LogP contribution in [0.15, 0.2) is 10.9 Å². The highest BCUT2D eigenvalue weighted by atomic mass is 32.2. The Morgan fingerprint density at radius 1 is 1.79 bits per heavy atom. The number of nitrogens with zero attached hydrogens (tertiary/aromatic N) is 1. The van der Waals surface area contributed by atoms with Crippen LogP contribution in [-0.4, -0.2) is 28.9 Å². The third-order valence-electron chi connectivity index (χ3n) is 1.80. The number of aromatic nitrogens is 1. The lowest BCUT2D eigenvalue weighted by molar-refractivity contribution is 0.0935. The highest BCUT2D eigenvalue weighted by molar-refractivity contribution is 7.98. The minimum atomic E-state index is -0.0696. The number of hydrogen-bond donors (Lipinski definition) is 1. The van der Waals surface area contributed by atoms with Gasteiger partial charge in [-0.2, -0.15) is 11.8 Å². The van der Waals surface area contributed by atoms with Gasteiger partial charge in [-0.1, -0.05) is 0 Å². The van der Waals surface area contributed by atoms with Gasteiger partial charge in [0.25, 0.3) is 5.91 Å². The maximum atomic E-state index is 11.5. The van der Waals surface area contributed by atoms with Gasteiger partial charge >= 0.3 is 0 Å². The first-order valence-corrected chi connectivity index (χ1v) is 6.75. The summed E-state index contributed by atoms with van der Waals surface area (Å²) in [5, 5.41) is 4.67. The van der Waals surface area contributed by atoms with Crippen molar-refractivity contribution in [3.05, 3.63) is 16.6 Å². The number of carbonyl (C=O) groups excluding carboxylic acids is 1. The SMILES string of the molecule is CSCCC(C)NC(=O)c1cscn1. The van der Waals surface area contributed by atoms with Gasteiger partial charge in [0.1, 0.15) is 5.69 Å². The van der Waals surface area contributed by atoms with Crippen LogP contribution < -0.4 is 5.32 Å². The Morgan fingerprint density at radius 2 is 2.57 bits per heavy atom. The first kappa shape index (κ1) is 11.5. The van der Waals surface area contributed by atoms with Crippen LogP contribution >= 0.6 is 23.1 Å². The first-order chi connectivity index (χ1) is 6.74. The highest BCUT2D eigenvalue weighted by Crippen LogP contribution is 2.03. The zero-order valence-electron chi connectivity index (χ0n) is 8.32. The van der Waals surface area contributed by atoms with E-state index in [0.717, 1.165) is 12.2 Å². The monoisotopic (exact) mass is 230 g/mol. The molecule has 78 valence electrons. The van der Waals surface area contributed by atoms with Gasteiger partial charge in [-0.3, -0.25) is 4.79 Å². The van der Waals surface area contributed by atoms with Gasteiger partial charge in [0.2, 0.25) is 0 Å². The molecular formula is C9H14N2OS2. The van der Waals surface area contributed by atoms with E-state index in [0.29, 0.717) is 5.69 Å². The molecule has 0 aromatic carbocycles. The topological polar surface area (TPSA) is 42.0 Å². The summed E-state index contributed by atoms with van der Waals surface area (Å²) in [6, 6.07) is 0.219. The number of rotatable bonds is 5. The number of nitrogens with one attached hydrogen (secondary N) is 1. The third kappa shape index (κ3) is 3.67. The Kier molecular flexibility index (Phi) is 4.97. The fraction of sp³-hybridized carbons (Fsp3) is 0.556. The molecule has 0 bridgehead atoms. The van der Waals surface area contributed by atoms with Gasteiger partial charge in [-0.25, -0.2) is 4.98 Å². The normalized spacial score (nSPS) is 12.4. The fourth-order valence-corrected chi connectivity index (χ4v) is 2.11. The number of thiazole rings is 1. The van der Waals surface area contributed by atoms with E-state index >= 15 is 0 Å². The minimum Gasteiger partial charge on any atom is -0.348 e. The van der Waals surface area contributed by atoms with Crippen LogP contribution in [0, 0.1) is 0 Å². The van der Waals surface area contributed by atoms with Crippen molar-refractivity contribution >= 4 is 29.0 Å². The Labute approximate surface area is 92.3 Å². The first-order valence-electron chi connectivity index (χ1n) is 4.42. The highest BCUT2D eigenvalue weighted by Gasteiger charge is 2.10. The van der Waals surface area contributed by atoms with E-state index in [-0.39, 0.29) is 11.9 Å². The molecule has 1 atom stereocenters. The Morgan fingerprint density at radius 3 is 3.14 bits per heavy atom. The molecule has 0 aliphatic heterocycles. The van der Waals surface area contributed by atoms with Gasteiger partial charge < -0.3 is 5.32 Å². The second kappa shape index (κ2) is 6.03. The molecule has 0 fully saturated rings. The lowest BCUT2D eigenvalue weighted by atomic mass is 10.2. The van der Waals surface area contributed by atoms with E-state index in [2.05, 4.69) is 16.6 Å². The molecule has 1 unspecified atom stereocenters. The molecule has 0 aliphatic carbocycles. The molecule has 1 aromatic rings. The molecule has 3 nitrogen and oxygen atoms in total. The van der Waals surface area contributed by atoms with Crippen molar-refractivity contribution in [3.8, 4) is 0 Å². The van der Waals surface area contributed by atoms with Crippen molar-refractivity contribution < 1.29 is 4.79 Å². The second-order valence-corrected chi connectivity index (χ2v) is 4.73. The molecule has 1 N–H and O–H groups in total. The van der Waals surface area contributed by atoms with E-state index in [1.807, 2.05) is 6.92 Å². The number of hydrogen-bond acceptors (Lipinski definition) is 4. The molecule has 0 aliphatic rings. The van der Waals surface area contributed by atoms with E-state index in [1.54, 1.807) is 22.7 Å². The fourth-order valence-electron chi connectivity index (χ4n) is 0.989. The number of carbonyl (C=O) groups is 1. The summed E-state index contributed by atoms with van der Waals surface area (Å²) >= 11 is 3.23. The molecule has 1 rings (SSSR count). The summed E-state index contributed by atoms with van der Waals surface area (Å²) in [7, 11) is 0. The second-order valence-electron chi connectivity index (χ2n) is 3.03. The summed E-state index contributed by atoms with van der Waals surface area (Å²) < 4.78 is 0. The van der Waals surface area contributed by atoms with Crippen LogP contribution in [0.25, 0.3) is 0 Å². The van der Waals surface area contributed by atoms with Crippen LogP contribution in [0.1, 0.15) is 23.8 Å². The molecule has 14 heavy (non-hydrogen) atoms. The maximum Gasteiger partial charge on any atom is 0.270 e. The maximum absolute atomic E-state index is 11.5. The smallest absolute Gasteiger partial charge is 0.270 e. The summed E-state index contributed by atoms with van der Waals surface area (Å²) in [5.74, 6) is 0.998. The van der Waals surface area contributed by atoms with Crippen LogP contribution in [0.5, 0.6) is 0 Å². The van der Waals surface area contributed by atoms with Crippen LogP contribution in [0.4, 0.5) is 0 Å². The van der Waals surface area contributed by atoms with Crippen molar-refractivity contribution in [1.82, 2.24) is 10.3 Å². The van der Waals surface area contributed by atoms with Crippen molar-refractivity contribution in [1.29, 1.82) is 0 Å². The summed E-state index contributed by atoms with van der Waals surface area (Å²) in [6.45, 7) is 2.01. The molecule has 0 saturated carbocycles. The van der Waals surface area contributed by atoms with Gasteiger partial charge in [-0.05, 0) is 25.4 Å². The third-order valence-corrected chi connectivity index (χ3v) is 3.03. The van der Waals surface area contributed by atoms with E-state index in [1.165, 1.54) is 11.3 Å². The zero-order valence-corrected chi connectivity index (χ0v) is 9.95. The number of amides is 1. The Balaban J connectivity index is 2.34. The average molecular weight is 230 g/mol. The van der Waals surface area contributed by atoms with Crippen molar-refractivity contribution in [2.45, 2.75) is 19.4 Å². The van der Waals surface area contributed by atoms with E-state index in [4.69, 9.17) is 0 Å². The van der Waals surface area contributed by atoms with E-state index in [9.17, 15) is 4.79 Å². The molecule has 1 aromatic heterocycles. The summed E-state index contributed by atoms with van der Waals surface area (Å²) in [4.78, 5) is 15.5. The molecule has 5 heteroatoms. The van der Waals surface area contributed by atoms with Gasteiger partial charge in [0, 0.05) is 11.4 Å². The summed E-state index contributed by atoms with van der Waals surface area (Å²) in [6.07, 6.45) is 3.06. The Bertz CT molecular complexity index is 274. The van der Waals surface area contributed by atoms with Crippen molar-refractivity contribution in [3.63, 3.8) is 0 Å². The molecule has 1 heterocycles. The standard InChI is InChI=1S/C9H14N2OS2/c1-7(3-4-13-2)11-9(12)8-5-14-6-10-8/h5-7H,3-4H2,1-2H3,(H,11,12). The Hall–Kier alpha value is -0.550. The molecule has 1 amide bonds. The minimum absolute atomic E-state index is 0.0696. The van der Waals surface area contributed by atoms with Crippen LogP contribution in [-0.2, 0) is 0 Å². The van der Waals surface area contributed by atoms with Gasteiger partial charge in [0.15, 0.2) is 0 Å². The van der Waals surface area contributed by atoms with Gasteiger partial charge in [0.05, 0.1) is 5.51 Å². The predicted molar refractivity (Wildman–Crippen MR) is 62.0 cm³/mol. The largest absolute Gasteiger partial charge is 0.348 e. The average Bonchev–Trinajstić information content (AvgIpc) is 2.67. The lowest BCUT2D eigenvalue weighted by Gasteiger charge is -2.11. The quantitative estimate of drug-likeness (QED) is 0.841. The van der Waals surface area contributed by atoms with Crippen LogP contribution in [0.2, 0.25) is 0 Å². The predicted octanol–water partition coefficient (Wildman–Crippen LogP) is 2.01. The van der Waals surface area contributed by atoms with Crippen molar-refractivity contribution in [2.24, 2.45) is 0 Å². The molecule has 0 saturated heterocycles. The zero-order chi connectivity index (χ0) is 10.4. The summed E-state index contributed by atoms with van der Waals surface area (Å²) in [5.41, 5.74) is 2.19. The molecule has 0 spiro atoms. The molecular weight excluding hydrogens is 216 g/mol. The number of thioether (sulfide) groups is 1. The van der Waals surface area contributed by atoms with Gasteiger partial charge in [-0.15, -0.1) is 11.3 Å². The molecule has 0 radical (unpaired) electrons. The van der Waals surface area contributed by atoms with Crippen LogP contribution in [0.3, 0.4) is 0 Å².